The molecule has 29 heavy (non-hydrogen) atoms. The van der Waals surface area contributed by atoms with Crippen LogP contribution in [-0.2, 0) is 4.74 Å². The predicted molar refractivity (Wildman–Crippen MR) is 108 cm³/mol. The van der Waals surface area contributed by atoms with Crippen LogP contribution in [0.2, 0.25) is 0 Å². The first-order chi connectivity index (χ1) is 13.8. The van der Waals surface area contributed by atoms with E-state index in [1.54, 1.807) is 0 Å². The van der Waals surface area contributed by atoms with Gasteiger partial charge in [0.2, 0.25) is 0 Å². The van der Waals surface area contributed by atoms with Crippen LogP contribution in [0.4, 0.5) is 13.2 Å². The van der Waals surface area contributed by atoms with Gasteiger partial charge in [-0.25, -0.2) is 0 Å². The summed E-state index contributed by atoms with van der Waals surface area (Å²) in [5.74, 6) is 1.97. The highest BCUT2D eigenvalue weighted by Crippen LogP contribution is 2.30. The molecule has 166 valence electrons. The van der Waals surface area contributed by atoms with Gasteiger partial charge in [-0.1, -0.05) is 6.07 Å². The summed E-state index contributed by atoms with van der Waals surface area (Å²) in [6.45, 7) is 8.65. The van der Waals surface area contributed by atoms with Crippen molar-refractivity contribution in [1.82, 2.24) is 10.6 Å². The molecule has 0 fully saturated rings. The number of nitrogens with zero attached hydrogens (tertiary/aromatic N) is 1. The van der Waals surface area contributed by atoms with Crippen LogP contribution in [0, 0.1) is 0 Å². The number of aliphatic imine (C=N–C) groups is 1. The highest BCUT2D eigenvalue weighted by molar-refractivity contribution is 5.80. The molecule has 0 amide bonds. The topological polar surface area (TPSA) is 64.1 Å². The van der Waals surface area contributed by atoms with E-state index in [2.05, 4.69) is 20.4 Å². The van der Waals surface area contributed by atoms with Crippen molar-refractivity contribution in [3.8, 4) is 11.5 Å². The molecule has 1 aromatic rings. The van der Waals surface area contributed by atoms with Crippen molar-refractivity contribution in [2.45, 2.75) is 46.3 Å². The summed E-state index contributed by atoms with van der Waals surface area (Å²) in [6.07, 6.45) is -3.90. The lowest BCUT2D eigenvalue weighted by Gasteiger charge is -2.20. The van der Waals surface area contributed by atoms with E-state index in [-0.39, 0.29) is 12.6 Å². The molecule has 6 nitrogen and oxygen atoms in total. The van der Waals surface area contributed by atoms with Crippen LogP contribution in [0.15, 0.2) is 23.2 Å². The summed E-state index contributed by atoms with van der Waals surface area (Å²) >= 11 is 0. The molecule has 0 saturated heterocycles. The highest BCUT2D eigenvalue weighted by Gasteiger charge is 2.27. The zero-order valence-corrected chi connectivity index (χ0v) is 17.6. The van der Waals surface area contributed by atoms with Gasteiger partial charge >= 0.3 is 6.18 Å². The van der Waals surface area contributed by atoms with E-state index in [1.807, 2.05) is 45.9 Å². The second-order valence-corrected chi connectivity index (χ2v) is 6.22. The lowest BCUT2D eigenvalue weighted by Crippen LogP contribution is -2.38. The Morgan fingerprint density at radius 3 is 2.41 bits per heavy atom. The molecule has 0 saturated carbocycles. The molecule has 1 aromatic carbocycles. The van der Waals surface area contributed by atoms with Crippen molar-refractivity contribution in [2.75, 3.05) is 39.5 Å². The zero-order valence-electron chi connectivity index (χ0n) is 17.6. The first kappa shape index (κ1) is 24.9. The molecule has 0 aliphatic carbocycles. The second kappa shape index (κ2) is 13.1. The summed E-state index contributed by atoms with van der Waals surface area (Å²) in [5.41, 5.74) is 0.996. The maximum atomic E-state index is 12.1. The number of benzene rings is 1. The predicted octanol–water partition coefficient (Wildman–Crippen LogP) is 4.07. The third-order valence-corrected chi connectivity index (χ3v) is 3.75. The summed E-state index contributed by atoms with van der Waals surface area (Å²) in [4.78, 5) is 4.40. The van der Waals surface area contributed by atoms with Crippen molar-refractivity contribution in [1.29, 1.82) is 0 Å². The number of nitrogens with one attached hydrogen (secondary N) is 2. The summed E-state index contributed by atoms with van der Waals surface area (Å²) in [6, 6.07) is 5.70. The normalized spacial score (nSPS) is 13.1. The number of halogens is 3. The van der Waals surface area contributed by atoms with Gasteiger partial charge < -0.3 is 24.8 Å². The number of guanidine groups is 1. The monoisotopic (exact) mass is 419 g/mol. The van der Waals surface area contributed by atoms with E-state index in [1.165, 1.54) is 0 Å². The SMILES string of the molecule is CCNC(=NCCCOCC(F)(F)F)NC(C)c1ccc(OCC)c(OCC)c1. The minimum atomic E-state index is -4.30. The lowest BCUT2D eigenvalue weighted by atomic mass is 10.1. The van der Waals surface area contributed by atoms with E-state index in [0.717, 1.165) is 5.56 Å². The van der Waals surface area contributed by atoms with E-state index in [0.29, 0.717) is 50.2 Å². The number of alkyl halides is 3. The Morgan fingerprint density at radius 2 is 1.79 bits per heavy atom. The molecule has 0 spiro atoms. The standard InChI is InChI=1S/C20H32F3N3O3/c1-5-24-19(25-11-8-12-27-14-20(21,22)23)26-15(4)16-9-10-17(28-6-2)18(13-16)29-7-3/h9-10,13,15H,5-8,11-12,14H2,1-4H3,(H2,24,25,26). The van der Waals surface area contributed by atoms with Crippen LogP contribution in [0.3, 0.4) is 0 Å². The summed E-state index contributed by atoms with van der Waals surface area (Å²) in [7, 11) is 0. The molecule has 1 atom stereocenters. The van der Waals surface area contributed by atoms with Gasteiger partial charge in [0.25, 0.3) is 0 Å². The van der Waals surface area contributed by atoms with Crippen LogP contribution < -0.4 is 20.1 Å². The number of ether oxygens (including phenoxy) is 3. The summed E-state index contributed by atoms with van der Waals surface area (Å²) < 4.78 is 52.0. The number of hydrogen-bond donors (Lipinski definition) is 2. The average Bonchev–Trinajstić information content (AvgIpc) is 2.65. The first-order valence-corrected chi connectivity index (χ1v) is 9.89. The fraction of sp³-hybridized carbons (Fsp3) is 0.650. The van der Waals surface area contributed by atoms with Crippen molar-refractivity contribution in [3.63, 3.8) is 0 Å². The van der Waals surface area contributed by atoms with Crippen LogP contribution in [0.1, 0.15) is 45.7 Å². The van der Waals surface area contributed by atoms with E-state index < -0.39 is 12.8 Å². The van der Waals surface area contributed by atoms with E-state index in [4.69, 9.17) is 9.47 Å². The van der Waals surface area contributed by atoms with Gasteiger partial charge in [-0.05, 0) is 51.8 Å². The Labute approximate surface area is 170 Å². The molecule has 9 heteroatoms. The van der Waals surface area contributed by atoms with Gasteiger partial charge in [-0.2, -0.15) is 13.2 Å². The molecule has 2 N–H and O–H groups in total. The van der Waals surface area contributed by atoms with Crippen molar-refractivity contribution < 1.29 is 27.4 Å². The Morgan fingerprint density at radius 1 is 1.10 bits per heavy atom. The molecular weight excluding hydrogens is 387 g/mol. The molecule has 0 aliphatic heterocycles. The van der Waals surface area contributed by atoms with Crippen LogP contribution in [0.5, 0.6) is 11.5 Å². The number of hydrogen-bond acceptors (Lipinski definition) is 4. The quantitative estimate of drug-likeness (QED) is 0.304. The Bertz CT molecular complexity index is 625. The van der Waals surface area contributed by atoms with Crippen molar-refractivity contribution in [3.05, 3.63) is 23.8 Å². The Kier molecular flexibility index (Phi) is 11.3. The zero-order chi connectivity index (χ0) is 21.7. The van der Waals surface area contributed by atoms with Crippen molar-refractivity contribution >= 4 is 5.96 Å². The Balaban J connectivity index is 2.66. The third-order valence-electron chi connectivity index (χ3n) is 3.75. The second-order valence-electron chi connectivity index (χ2n) is 6.22. The maximum Gasteiger partial charge on any atom is 0.411 e. The largest absolute Gasteiger partial charge is 0.490 e. The van der Waals surface area contributed by atoms with Gasteiger partial charge in [0.05, 0.1) is 19.3 Å². The fourth-order valence-corrected chi connectivity index (χ4v) is 2.49. The molecule has 0 aliphatic rings. The van der Waals surface area contributed by atoms with E-state index >= 15 is 0 Å². The molecule has 1 unspecified atom stereocenters. The molecule has 1 rings (SSSR count). The van der Waals surface area contributed by atoms with Crippen LogP contribution >= 0.6 is 0 Å². The highest BCUT2D eigenvalue weighted by atomic mass is 19.4. The molecule has 0 aromatic heterocycles. The van der Waals surface area contributed by atoms with Gasteiger partial charge in [-0.3, -0.25) is 4.99 Å². The van der Waals surface area contributed by atoms with Gasteiger partial charge in [0.15, 0.2) is 17.5 Å². The molecule has 0 radical (unpaired) electrons. The number of rotatable bonds is 12. The van der Waals surface area contributed by atoms with Crippen molar-refractivity contribution in [2.24, 2.45) is 4.99 Å². The first-order valence-electron chi connectivity index (χ1n) is 9.89. The molecule has 0 heterocycles. The summed E-state index contributed by atoms with van der Waals surface area (Å²) in [5, 5.41) is 6.42. The fourth-order valence-electron chi connectivity index (χ4n) is 2.49. The van der Waals surface area contributed by atoms with Gasteiger partial charge in [0.1, 0.15) is 6.61 Å². The van der Waals surface area contributed by atoms with Gasteiger partial charge in [-0.15, -0.1) is 0 Å². The van der Waals surface area contributed by atoms with Crippen LogP contribution in [0.25, 0.3) is 0 Å². The van der Waals surface area contributed by atoms with Crippen LogP contribution in [-0.4, -0.2) is 51.7 Å². The molecule has 0 bridgehead atoms. The maximum absolute atomic E-state index is 12.1. The third kappa shape index (κ3) is 10.3. The van der Waals surface area contributed by atoms with Gasteiger partial charge in [0, 0.05) is 19.7 Å². The average molecular weight is 419 g/mol. The van der Waals surface area contributed by atoms with E-state index in [9.17, 15) is 13.2 Å². The lowest BCUT2D eigenvalue weighted by molar-refractivity contribution is -0.173. The minimum absolute atomic E-state index is 0.00851. The molecular formula is C20H32F3N3O3. The minimum Gasteiger partial charge on any atom is -0.490 e. The smallest absolute Gasteiger partial charge is 0.411 e. The Hall–Kier alpha value is -2.16.